The first-order valence-electron chi connectivity index (χ1n) is 8.83. The maximum Gasteiger partial charge on any atom is 0.325 e. The van der Waals surface area contributed by atoms with Gasteiger partial charge >= 0.3 is 7.60 Å². The second-order valence-corrected chi connectivity index (χ2v) is 14.2. The van der Waals surface area contributed by atoms with Gasteiger partial charge in [-0.05, 0) is 19.5 Å². The zero-order valence-corrected chi connectivity index (χ0v) is 25.6. The summed E-state index contributed by atoms with van der Waals surface area (Å²) in [5.41, 5.74) is 0. The van der Waals surface area contributed by atoms with Crippen LogP contribution in [0.3, 0.4) is 0 Å². The SMILES string of the molecule is CCC.CCP(=O)(O)O.CCP(C)(C)=O.CCP1(=O)O[CH-]C(C)[C-](C)O1.[V].[W]. The number of hydrogen-bond donors (Lipinski definition) is 2. The Morgan fingerprint density at radius 3 is 1.57 bits per heavy atom. The molecule has 1 aliphatic heterocycles. The molecule has 0 bridgehead atoms. The van der Waals surface area contributed by atoms with Gasteiger partial charge in [-0.3, -0.25) is 15.0 Å². The molecular formula is C16H39O7P3VW-2. The summed E-state index contributed by atoms with van der Waals surface area (Å²) in [7, 11) is -8.07. The van der Waals surface area contributed by atoms with Crippen molar-refractivity contribution in [2.75, 3.05) is 31.8 Å². The van der Waals surface area contributed by atoms with Gasteiger partial charge in [-0.15, -0.1) is 6.92 Å². The monoisotopic (exact) mass is 671 g/mol. The molecule has 1 radical (unpaired) electrons. The van der Waals surface area contributed by atoms with Crippen molar-refractivity contribution in [2.45, 2.75) is 54.9 Å². The van der Waals surface area contributed by atoms with Gasteiger partial charge in [0.15, 0.2) is 0 Å². The van der Waals surface area contributed by atoms with Crippen molar-refractivity contribution in [1.29, 1.82) is 0 Å². The van der Waals surface area contributed by atoms with Gasteiger partial charge in [0, 0.05) is 51.9 Å². The largest absolute Gasteiger partial charge is 0.490 e. The van der Waals surface area contributed by atoms with E-state index in [1.54, 1.807) is 26.9 Å². The Kier molecular flexibility index (Phi) is 29.7. The third kappa shape index (κ3) is 30.0. The van der Waals surface area contributed by atoms with Crippen LogP contribution in [0, 0.1) is 18.6 Å². The summed E-state index contributed by atoms with van der Waals surface area (Å²) in [5, 5.41) is 0. The summed E-state index contributed by atoms with van der Waals surface area (Å²) in [5.74, 6) is 0.142. The summed E-state index contributed by atoms with van der Waals surface area (Å²) in [6, 6.07) is 0. The molecule has 1 aliphatic rings. The van der Waals surface area contributed by atoms with E-state index < -0.39 is 22.3 Å². The molecular weight excluding hydrogens is 632 g/mol. The molecule has 2 unspecified atom stereocenters. The van der Waals surface area contributed by atoms with Gasteiger partial charge in [-0.25, -0.2) is 12.7 Å². The standard InChI is InChI=1S/C7H13O3P.C4H11OP.C3H8.C2H7O3P.V.W/c1-4-11(8)9-5-6(2)7(3)10-11;1-4-6(2,3)5;1-3-2;1-2-6(3,4)5;;/h5-6H,4H2,1-3H3;4H2,1-3H3;3H2,1-2H3;2H2,1H3,(H2,3,4,5);;/q-2;;;;;. The van der Waals surface area contributed by atoms with Crippen LogP contribution >= 0.6 is 22.3 Å². The summed E-state index contributed by atoms with van der Waals surface area (Å²) in [6.07, 6.45) is 3.22. The molecule has 2 N–H and O–H groups in total. The Bertz CT molecular complexity index is 461. The van der Waals surface area contributed by atoms with E-state index in [1.807, 2.05) is 20.8 Å². The van der Waals surface area contributed by atoms with Crippen molar-refractivity contribution in [3.8, 4) is 0 Å². The molecule has 173 valence electrons. The van der Waals surface area contributed by atoms with Crippen molar-refractivity contribution in [3.63, 3.8) is 0 Å². The van der Waals surface area contributed by atoms with Crippen molar-refractivity contribution in [3.05, 3.63) is 12.7 Å². The number of hydrogen-bond acceptors (Lipinski definition) is 5. The van der Waals surface area contributed by atoms with Gasteiger partial charge in [-0.1, -0.05) is 41.0 Å². The quantitative estimate of drug-likeness (QED) is 0.288. The van der Waals surface area contributed by atoms with E-state index in [0.29, 0.717) is 6.16 Å². The van der Waals surface area contributed by atoms with E-state index in [1.165, 1.54) is 13.3 Å². The molecule has 1 rings (SSSR count). The van der Waals surface area contributed by atoms with E-state index in [9.17, 15) is 13.7 Å². The Hall–Kier alpha value is 1.80. The molecule has 2 atom stereocenters. The molecule has 7 nitrogen and oxygen atoms in total. The van der Waals surface area contributed by atoms with Gasteiger partial charge in [0.05, 0.1) is 7.14 Å². The summed E-state index contributed by atoms with van der Waals surface area (Å²) in [6.45, 7) is 18.4. The zero-order chi connectivity index (χ0) is 21.6. The Morgan fingerprint density at radius 2 is 1.39 bits per heavy atom. The summed E-state index contributed by atoms with van der Waals surface area (Å²) in [4.78, 5) is 15.9. The van der Waals surface area contributed by atoms with E-state index in [0.717, 1.165) is 12.3 Å². The first-order chi connectivity index (χ1) is 11.6. The van der Waals surface area contributed by atoms with Gasteiger partial charge < -0.3 is 23.4 Å². The normalized spacial score (nSPS) is 21.8. The first kappa shape index (κ1) is 40.2. The van der Waals surface area contributed by atoms with E-state index >= 15 is 0 Å². The van der Waals surface area contributed by atoms with Crippen LogP contribution in [-0.2, 0) is 62.4 Å². The minimum absolute atomic E-state index is 0. The smallest absolute Gasteiger partial charge is 0.325 e. The maximum absolute atomic E-state index is 11.5. The van der Waals surface area contributed by atoms with Crippen molar-refractivity contribution in [1.82, 2.24) is 0 Å². The van der Waals surface area contributed by atoms with Crippen LogP contribution in [0.1, 0.15) is 54.9 Å². The van der Waals surface area contributed by atoms with Crippen LogP contribution in [0.5, 0.6) is 0 Å². The van der Waals surface area contributed by atoms with Crippen LogP contribution in [0.4, 0.5) is 0 Å². The minimum atomic E-state index is -3.65. The van der Waals surface area contributed by atoms with Gasteiger partial charge in [0.25, 0.3) is 7.60 Å². The molecule has 0 spiro atoms. The average molecular weight is 671 g/mol. The van der Waals surface area contributed by atoms with E-state index in [4.69, 9.17) is 18.8 Å². The molecule has 0 aliphatic carbocycles. The van der Waals surface area contributed by atoms with Crippen LogP contribution < -0.4 is 0 Å². The van der Waals surface area contributed by atoms with Crippen LogP contribution in [0.25, 0.3) is 0 Å². The van der Waals surface area contributed by atoms with E-state index in [-0.39, 0.29) is 51.7 Å². The van der Waals surface area contributed by atoms with Crippen LogP contribution in [0.2, 0.25) is 0 Å². The fourth-order valence-corrected chi connectivity index (χ4v) is 2.04. The van der Waals surface area contributed by atoms with Crippen molar-refractivity contribution < 1.29 is 72.2 Å². The van der Waals surface area contributed by atoms with Gasteiger partial charge in [-0.2, -0.15) is 6.92 Å². The minimum Gasteiger partial charge on any atom is -0.490 e. The Balaban J connectivity index is -0.0000000906. The zero-order valence-electron chi connectivity index (χ0n) is 18.6. The third-order valence-electron chi connectivity index (χ3n) is 2.91. The second-order valence-electron chi connectivity index (χ2n) is 6.24. The molecule has 12 heteroatoms. The molecule has 28 heavy (non-hydrogen) atoms. The molecule has 0 aromatic heterocycles. The first-order valence-corrected chi connectivity index (χ1v) is 15.1. The average Bonchev–Trinajstić information content (AvgIpc) is 2.52. The van der Waals surface area contributed by atoms with Gasteiger partial charge in [0.2, 0.25) is 0 Å². The number of rotatable bonds is 3. The molecule has 1 saturated heterocycles. The van der Waals surface area contributed by atoms with Crippen molar-refractivity contribution >= 4 is 22.3 Å². The molecule has 0 aromatic rings. The molecule has 1 heterocycles. The molecule has 0 aromatic carbocycles. The predicted octanol–water partition coefficient (Wildman–Crippen LogP) is 5.82. The molecule has 0 amide bonds. The van der Waals surface area contributed by atoms with Gasteiger partial charge in [0.1, 0.15) is 0 Å². The Labute approximate surface area is 199 Å². The van der Waals surface area contributed by atoms with Crippen LogP contribution in [-0.4, -0.2) is 41.6 Å². The maximum atomic E-state index is 11.5. The molecule has 1 fully saturated rings. The second kappa shape index (κ2) is 20.7. The Morgan fingerprint density at radius 1 is 1.07 bits per heavy atom. The summed E-state index contributed by atoms with van der Waals surface area (Å²) < 4.78 is 41.9. The van der Waals surface area contributed by atoms with Crippen LogP contribution in [0.15, 0.2) is 0 Å². The summed E-state index contributed by atoms with van der Waals surface area (Å²) >= 11 is 0. The van der Waals surface area contributed by atoms with Crippen molar-refractivity contribution in [2.24, 2.45) is 5.92 Å². The fourth-order valence-electron chi connectivity index (χ4n) is 0.743. The predicted molar refractivity (Wildman–Crippen MR) is 111 cm³/mol. The topological polar surface area (TPSA) is 110 Å². The fraction of sp³-hybridized carbons (Fsp3) is 0.875. The molecule has 0 saturated carbocycles. The third-order valence-corrected chi connectivity index (χ3v) is 7.04. The van der Waals surface area contributed by atoms with E-state index in [2.05, 4.69) is 13.8 Å².